The van der Waals surface area contributed by atoms with Crippen LogP contribution in [0.25, 0.3) is 22.3 Å². The minimum absolute atomic E-state index is 0.0181. The molecule has 1 aliphatic rings. The van der Waals surface area contributed by atoms with Gasteiger partial charge in [-0.15, -0.1) is 0 Å². The van der Waals surface area contributed by atoms with E-state index >= 15 is 8.78 Å². The molecular weight excluding hydrogens is 622 g/mol. The van der Waals surface area contributed by atoms with Gasteiger partial charge in [0.1, 0.15) is 28.7 Å². The summed E-state index contributed by atoms with van der Waals surface area (Å²) >= 11 is 6.47. The Hall–Kier alpha value is -3.87. The second-order valence-electron chi connectivity index (χ2n) is 10.7. The Bertz CT molecular complexity index is 1950. The first kappa shape index (κ1) is 30.2. The summed E-state index contributed by atoms with van der Waals surface area (Å²) in [5.41, 5.74) is 1.01. The van der Waals surface area contributed by atoms with Crippen molar-refractivity contribution in [1.82, 2.24) is 14.8 Å². The van der Waals surface area contributed by atoms with Crippen LogP contribution in [0, 0.1) is 17.5 Å². The van der Waals surface area contributed by atoms with E-state index in [2.05, 4.69) is 9.97 Å². The van der Waals surface area contributed by atoms with Crippen LogP contribution in [0.3, 0.4) is 0 Å². The first-order valence-electron chi connectivity index (χ1n) is 13.6. The van der Waals surface area contributed by atoms with Crippen LogP contribution in [0.1, 0.15) is 36.6 Å². The normalized spacial score (nSPS) is 17.0. The Labute approximate surface area is 256 Å². The number of hydrogen-bond donors (Lipinski definition) is 2. The van der Waals surface area contributed by atoms with E-state index in [4.69, 9.17) is 21.1 Å². The molecule has 2 aromatic heterocycles. The number of aromatic amines is 1. The standard InChI is InChI=1S/C31H26ClF4N3O4S/c1-31(8-11-42-27-16(4-3-10-40)12-17(32)13-21(27)31)23-15-37-30(38-23)20-14-18(5-6-22(20)33)43-28-25(35)24(34)26-19(7-9-39(26)36)29(28)44(2)41/h5-7,9,12-15,40H,3-4,8,10-11H2,1-2H3,(H,37,38). The lowest BCUT2D eigenvalue weighted by Gasteiger charge is -2.36. The van der Waals surface area contributed by atoms with Crippen LogP contribution in [-0.2, 0) is 22.6 Å². The van der Waals surface area contributed by atoms with E-state index in [1.165, 1.54) is 24.5 Å². The van der Waals surface area contributed by atoms with Gasteiger partial charge in [-0.3, -0.25) is 4.21 Å². The summed E-state index contributed by atoms with van der Waals surface area (Å²) in [6, 6.07) is 8.36. The molecule has 2 N–H and O–H groups in total. The van der Waals surface area contributed by atoms with E-state index in [-0.39, 0.29) is 38.8 Å². The number of aliphatic hydroxyl groups is 1. The summed E-state index contributed by atoms with van der Waals surface area (Å²) in [5.74, 6) is -3.66. The summed E-state index contributed by atoms with van der Waals surface area (Å²) in [7, 11) is -1.90. The Kier molecular flexibility index (Phi) is 7.93. The largest absolute Gasteiger partial charge is 0.493 e. The van der Waals surface area contributed by atoms with Crippen LogP contribution in [0.15, 0.2) is 53.7 Å². The van der Waals surface area contributed by atoms with Crippen LogP contribution in [-0.4, -0.2) is 43.5 Å². The maximum atomic E-state index is 15.2. The number of aromatic nitrogens is 3. The number of rotatable bonds is 8. The highest BCUT2D eigenvalue weighted by Gasteiger charge is 2.38. The first-order valence-corrected chi connectivity index (χ1v) is 15.6. The summed E-state index contributed by atoms with van der Waals surface area (Å²) in [6.07, 6.45) is 5.38. The minimum atomic E-state index is -1.90. The van der Waals surface area contributed by atoms with E-state index in [9.17, 15) is 18.2 Å². The van der Waals surface area contributed by atoms with E-state index in [1.807, 2.05) is 19.1 Å². The molecule has 0 aliphatic carbocycles. The fourth-order valence-corrected chi connectivity index (χ4v) is 6.78. The number of aryl methyl sites for hydroxylation is 1. The molecule has 1 aliphatic heterocycles. The Morgan fingerprint density at radius 1 is 1.20 bits per heavy atom. The zero-order valence-corrected chi connectivity index (χ0v) is 25.1. The summed E-state index contributed by atoms with van der Waals surface area (Å²) in [4.78, 5) is 7.28. The molecule has 6 rings (SSSR count). The monoisotopic (exact) mass is 647 g/mol. The van der Waals surface area contributed by atoms with Crippen molar-refractivity contribution in [1.29, 1.82) is 0 Å². The topological polar surface area (TPSA) is 89.4 Å². The van der Waals surface area contributed by atoms with E-state index in [1.54, 1.807) is 6.20 Å². The number of fused-ring (bicyclic) bond motifs is 2. The molecule has 13 heteroatoms. The Balaban J connectivity index is 1.39. The molecule has 7 nitrogen and oxygen atoms in total. The number of nitrogens with zero attached hydrogens (tertiary/aromatic N) is 2. The van der Waals surface area contributed by atoms with Gasteiger partial charge < -0.3 is 19.6 Å². The van der Waals surface area contributed by atoms with Crippen LogP contribution in [0.5, 0.6) is 17.2 Å². The number of nitrogens with one attached hydrogen (secondary N) is 1. The molecule has 0 fully saturated rings. The number of hydrogen-bond acceptors (Lipinski definition) is 5. The van der Waals surface area contributed by atoms with E-state index in [0.29, 0.717) is 42.3 Å². The van der Waals surface area contributed by atoms with Crippen LogP contribution < -0.4 is 9.47 Å². The fraction of sp³-hybridized carbons (Fsp3) is 0.258. The highest BCUT2D eigenvalue weighted by atomic mass is 35.5. The van der Waals surface area contributed by atoms with Gasteiger partial charge in [-0.05, 0) is 68.1 Å². The Morgan fingerprint density at radius 3 is 2.75 bits per heavy atom. The molecule has 0 bridgehead atoms. The molecule has 3 aromatic carbocycles. The fourth-order valence-electron chi connectivity index (χ4n) is 5.67. The van der Waals surface area contributed by atoms with Crippen molar-refractivity contribution >= 4 is 33.3 Å². The van der Waals surface area contributed by atoms with Gasteiger partial charge in [0.05, 0.1) is 27.9 Å². The average molecular weight is 648 g/mol. The lowest BCUT2D eigenvalue weighted by molar-refractivity contribution is 0.237. The molecule has 230 valence electrons. The third kappa shape index (κ3) is 5.04. The zero-order valence-electron chi connectivity index (χ0n) is 23.5. The molecular formula is C31H26ClF4N3O4S. The third-order valence-corrected chi connectivity index (χ3v) is 9.14. The van der Waals surface area contributed by atoms with Crippen molar-refractivity contribution in [3.05, 3.63) is 88.1 Å². The van der Waals surface area contributed by atoms with Gasteiger partial charge in [0.15, 0.2) is 11.6 Å². The van der Waals surface area contributed by atoms with Gasteiger partial charge in [0.25, 0.3) is 0 Å². The van der Waals surface area contributed by atoms with Crippen molar-refractivity contribution in [2.24, 2.45) is 0 Å². The van der Waals surface area contributed by atoms with Gasteiger partial charge in [-0.1, -0.05) is 16.1 Å². The van der Waals surface area contributed by atoms with E-state index in [0.717, 1.165) is 23.4 Å². The zero-order chi connectivity index (χ0) is 31.3. The predicted octanol–water partition coefficient (Wildman–Crippen LogP) is 7.38. The number of ether oxygens (including phenoxy) is 2. The van der Waals surface area contributed by atoms with Crippen LogP contribution in [0.2, 0.25) is 5.02 Å². The number of benzene rings is 3. The second-order valence-corrected chi connectivity index (χ2v) is 12.5. The number of imidazole rings is 1. The van der Waals surface area contributed by atoms with E-state index < -0.39 is 44.9 Å². The molecule has 0 spiro atoms. The first-order chi connectivity index (χ1) is 21.0. The van der Waals surface area contributed by atoms with Crippen LogP contribution >= 0.6 is 11.6 Å². The van der Waals surface area contributed by atoms with Crippen molar-refractivity contribution in [2.75, 3.05) is 19.5 Å². The summed E-state index contributed by atoms with van der Waals surface area (Å²) in [6.45, 7) is 2.43. The van der Waals surface area contributed by atoms with Crippen molar-refractivity contribution in [2.45, 2.75) is 36.5 Å². The van der Waals surface area contributed by atoms with Crippen molar-refractivity contribution in [3.63, 3.8) is 0 Å². The lowest BCUT2D eigenvalue weighted by Crippen LogP contribution is -2.32. The molecule has 44 heavy (non-hydrogen) atoms. The quantitative estimate of drug-likeness (QED) is 0.172. The SMILES string of the molecule is CS(=O)c1c(Oc2ccc(F)c(-c3ncc(C4(C)CCOc5c(CCCO)cc(Cl)cc54)[nH]3)c2)c(F)c(F)c2c1ccn2F. The van der Waals surface area contributed by atoms with Gasteiger partial charge in [0.2, 0.25) is 5.82 Å². The average Bonchev–Trinajstić information content (AvgIpc) is 3.64. The number of halogens is 5. The maximum Gasteiger partial charge on any atom is 0.204 e. The molecule has 0 radical (unpaired) electrons. The minimum Gasteiger partial charge on any atom is -0.493 e. The molecule has 0 saturated carbocycles. The third-order valence-electron chi connectivity index (χ3n) is 7.94. The Morgan fingerprint density at radius 2 is 2.00 bits per heavy atom. The highest BCUT2D eigenvalue weighted by Crippen LogP contribution is 2.47. The summed E-state index contributed by atoms with van der Waals surface area (Å²) < 4.78 is 83.5. The van der Waals surface area contributed by atoms with Crippen molar-refractivity contribution in [3.8, 4) is 28.6 Å². The van der Waals surface area contributed by atoms with Crippen molar-refractivity contribution < 1.29 is 36.4 Å². The smallest absolute Gasteiger partial charge is 0.204 e. The highest BCUT2D eigenvalue weighted by molar-refractivity contribution is 7.84. The van der Waals surface area contributed by atoms with Crippen LogP contribution in [0.4, 0.5) is 17.7 Å². The molecule has 2 unspecified atom stereocenters. The van der Waals surface area contributed by atoms with Gasteiger partial charge >= 0.3 is 0 Å². The molecule has 5 aromatic rings. The predicted molar refractivity (Wildman–Crippen MR) is 158 cm³/mol. The molecule has 2 atom stereocenters. The lowest BCUT2D eigenvalue weighted by atomic mass is 9.74. The van der Waals surface area contributed by atoms with Gasteiger partial charge in [-0.2, -0.15) is 9.18 Å². The number of H-pyrrole nitrogens is 1. The summed E-state index contributed by atoms with van der Waals surface area (Å²) in [5, 5.41) is 9.73. The van der Waals surface area contributed by atoms with Gasteiger partial charge in [0, 0.05) is 52.3 Å². The number of aliphatic hydroxyl groups excluding tert-OH is 1. The van der Waals surface area contributed by atoms with Gasteiger partial charge in [-0.25, -0.2) is 13.8 Å². The second kappa shape index (κ2) is 11.6. The molecule has 3 heterocycles. The molecule has 0 saturated heterocycles. The molecule has 0 amide bonds. The maximum absolute atomic E-state index is 15.2.